The van der Waals surface area contributed by atoms with Crippen LogP contribution in [0.2, 0.25) is 5.02 Å². The summed E-state index contributed by atoms with van der Waals surface area (Å²) in [7, 11) is 1.30. The van der Waals surface area contributed by atoms with Gasteiger partial charge in [0.2, 0.25) is 5.91 Å². The summed E-state index contributed by atoms with van der Waals surface area (Å²) in [4.78, 5) is 28.2. The molecule has 0 saturated carbocycles. The number of methoxy groups -OCH3 is 1. The number of carbonyl (C=O) groups is 2. The highest BCUT2D eigenvalue weighted by Gasteiger charge is 2.12. The number of hydrogen-bond acceptors (Lipinski definition) is 5. The van der Waals surface area contributed by atoms with E-state index in [1.807, 2.05) is 31.2 Å². The molecule has 2 aromatic rings. The van der Waals surface area contributed by atoms with Crippen LogP contribution in [0.15, 0.2) is 24.3 Å². The van der Waals surface area contributed by atoms with Gasteiger partial charge >= 0.3 is 5.97 Å². The minimum Gasteiger partial charge on any atom is -0.469 e. The second-order valence-electron chi connectivity index (χ2n) is 4.96. The zero-order valence-electron chi connectivity index (χ0n) is 12.9. The molecule has 5 nitrogen and oxygen atoms in total. The summed E-state index contributed by atoms with van der Waals surface area (Å²) in [6.07, 6.45) is 0.876. The predicted octanol–water partition coefficient (Wildman–Crippen LogP) is 3.59. The fourth-order valence-corrected chi connectivity index (χ4v) is 3.07. The van der Waals surface area contributed by atoms with Gasteiger partial charge in [-0.25, -0.2) is 4.98 Å². The second-order valence-corrected chi connectivity index (χ2v) is 6.48. The largest absolute Gasteiger partial charge is 0.469 e. The van der Waals surface area contributed by atoms with Crippen molar-refractivity contribution < 1.29 is 14.3 Å². The third kappa shape index (κ3) is 5.33. The van der Waals surface area contributed by atoms with Crippen LogP contribution >= 0.6 is 22.9 Å². The maximum Gasteiger partial charge on any atom is 0.306 e. The predicted molar refractivity (Wildman–Crippen MR) is 91.0 cm³/mol. The van der Waals surface area contributed by atoms with Crippen molar-refractivity contribution in [3.8, 4) is 0 Å². The van der Waals surface area contributed by atoms with E-state index in [0.717, 1.165) is 22.6 Å². The van der Waals surface area contributed by atoms with E-state index in [-0.39, 0.29) is 18.7 Å². The average molecular weight is 353 g/mol. The third-order valence-corrected chi connectivity index (χ3v) is 4.53. The van der Waals surface area contributed by atoms with Crippen molar-refractivity contribution in [2.75, 3.05) is 12.4 Å². The number of nitrogens with one attached hydrogen (secondary N) is 1. The molecule has 0 aliphatic heterocycles. The van der Waals surface area contributed by atoms with Gasteiger partial charge in [0, 0.05) is 22.7 Å². The molecule has 0 spiro atoms. The van der Waals surface area contributed by atoms with Crippen LogP contribution in [0.4, 0.5) is 5.13 Å². The Bertz CT molecular complexity index is 698. The van der Waals surface area contributed by atoms with Gasteiger partial charge < -0.3 is 10.1 Å². The number of ether oxygens (including phenoxy) is 1. The maximum atomic E-state index is 11.8. The van der Waals surface area contributed by atoms with E-state index in [9.17, 15) is 9.59 Å². The fourth-order valence-electron chi connectivity index (χ4n) is 1.93. The molecule has 1 amide bonds. The van der Waals surface area contributed by atoms with Crippen LogP contribution in [-0.2, 0) is 20.7 Å². The van der Waals surface area contributed by atoms with Gasteiger partial charge in [0.25, 0.3) is 0 Å². The summed E-state index contributed by atoms with van der Waals surface area (Å²) < 4.78 is 4.51. The van der Waals surface area contributed by atoms with E-state index in [4.69, 9.17) is 11.6 Å². The number of halogens is 1. The number of aromatic nitrogens is 1. The highest BCUT2D eigenvalue weighted by atomic mass is 35.5. The van der Waals surface area contributed by atoms with Crippen molar-refractivity contribution in [3.05, 3.63) is 45.4 Å². The molecule has 0 bridgehead atoms. The summed E-state index contributed by atoms with van der Waals surface area (Å²) in [5, 5.41) is 3.96. The molecule has 0 aliphatic carbocycles. The van der Waals surface area contributed by atoms with Crippen LogP contribution in [0.5, 0.6) is 0 Å². The molecule has 0 aliphatic rings. The minimum absolute atomic E-state index is 0.0598. The summed E-state index contributed by atoms with van der Waals surface area (Å²) in [6, 6.07) is 7.64. The Balaban J connectivity index is 1.96. The standard InChI is InChI=1S/C16H17ClN2O3S/c1-10-13(9-11-3-5-12(17)6-4-11)23-16(18-10)19-14(20)7-8-15(21)22-2/h3-6H,7-9H2,1-2H3,(H,18,19,20). The molecular weight excluding hydrogens is 336 g/mol. The van der Waals surface area contributed by atoms with Gasteiger partial charge in [-0.3, -0.25) is 9.59 Å². The molecule has 0 fully saturated rings. The first-order valence-corrected chi connectivity index (χ1v) is 8.25. The van der Waals surface area contributed by atoms with Crippen molar-refractivity contribution in [1.82, 2.24) is 4.98 Å². The van der Waals surface area contributed by atoms with Crippen LogP contribution in [0.25, 0.3) is 0 Å². The molecule has 1 N–H and O–H groups in total. The number of carbonyl (C=O) groups excluding carboxylic acids is 2. The number of amides is 1. The topological polar surface area (TPSA) is 68.3 Å². The summed E-state index contributed by atoms with van der Waals surface area (Å²) in [5.41, 5.74) is 2.01. The number of rotatable bonds is 6. The van der Waals surface area contributed by atoms with Gasteiger partial charge in [0.05, 0.1) is 19.2 Å². The first-order chi connectivity index (χ1) is 11.0. The molecule has 23 heavy (non-hydrogen) atoms. The lowest BCUT2D eigenvalue weighted by molar-refractivity contribution is -0.141. The normalized spacial score (nSPS) is 10.4. The molecule has 1 aromatic carbocycles. The van der Waals surface area contributed by atoms with E-state index >= 15 is 0 Å². The van der Waals surface area contributed by atoms with Gasteiger partial charge in [-0.05, 0) is 24.6 Å². The monoisotopic (exact) mass is 352 g/mol. The van der Waals surface area contributed by atoms with E-state index in [1.54, 1.807) is 0 Å². The van der Waals surface area contributed by atoms with Gasteiger partial charge in [-0.15, -0.1) is 11.3 Å². The van der Waals surface area contributed by atoms with Crippen LogP contribution in [0, 0.1) is 6.92 Å². The number of aryl methyl sites for hydroxylation is 1. The Morgan fingerprint density at radius 2 is 1.96 bits per heavy atom. The van der Waals surface area contributed by atoms with Crippen LogP contribution < -0.4 is 5.32 Å². The lowest BCUT2D eigenvalue weighted by atomic mass is 10.1. The molecule has 2 rings (SSSR count). The van der Waals surface area contributed by atoms with Crippen molar-refractivity contribution >= 4 is 39.9 Å². The van der Waals surface area contributed by atoms with Crippen LogP contribution in [-0.4, -0.2) is 24.0 Å². The molecule has 0 atom stereocenters. The van der Waals surface area contributed by atoms with E-state index in [1.165, 1.54) is 18.4 Å². The molecule has 1 heterocycles. The van der Waals surface area contributed by atoms with Crippen molar-refractivity contribution in [3.63, 3.8) is 0 Å². The lowest BCUT2D eigenvalue weighted by Crippen LogP contribution is -2.13. The molecule has 0 saturated heterocycles. The Morgan fingerprint density at radius 3 is 2.61 bits per heavy atom. The lowest BCUT2D eigenvalue weighted by Gasteiger charge is -2.01. The Kier molecular flexibility index (Phi) is 6.12. The smallest absolute Gasteiger partial charge is 0.306 e. The molecule has 122 valence electrons. The third-order valence-electron chi connectivity index (χ3n) is 3.20. The SMILES string of the molecule is COC(=O)CCC(=O)Nc1nc(C)c(Cc2ccc(Cl)cc2)s1. The summed E-state index contributed by atoms with van der Waals surface area (Å²) >= 11 is 7.31. The van der Waals surface area contributed by atoms with Gasteiger partial charge in [-0.1, -0.05) is 23.7 Å². The van der Waals surface area contributed by atoms with E-state index in [2.05, 4.69) is 15.0 Å². The Hall–Kier alpha value is -1.92. The summed E-state index contributed by atoms with van der Waals surface area (Å²) in [6.45, 7) is 1.91. The van der Waals surface area contributed by atoms with Crippen LogP contribution in [0.1, 0.15) is 29.0 Å². The highest BCUT2D eigenvalue weighted by Crippen LogP contribution is 2.25. The number of esters is 1. The second kappa shape index (κ2) is 8.08. The van der Waals surface area contributed by atoms with Gasteiger partial charge in [0.1, 0.15) is 0 Å². The first-order valence-electron chi connectivity index (χ1n) is 7.05. The van der Waals surface area contributed by atoms with Crippen LogP contribution in [0.3, 0.4) is 0 Å². The minimum atomic E-state index is -0.404. The van der Waals surface area contributed by atoms with Gasteiger partial charge in [-0.2, -0.15) is 0 Å². The number of anilines is 1. The zero-order valence-corrected chi connectivity index (χ0v) is 14.5. The highest BCUT2D eigenvalue weighted by molar-refractivity contribution is 7.15. The molecule has 0 unspecified atom stereocenters. The van der Waals surface area contributed by atoms with Gasteiger partial charge in [0.15, 0.2) is 5.13 Å². The molecule has 1 aromatic heterocycles. The molecule has 7 heteroatoms. The number of hydrogen-bond donors (Lipinski definition) is 1. The Morgan fingerprint density at radius 1 is 1.26 bits per heavy atom. The maximum absolute atomic E-state index is 11.8. The van der Waals surface area contributed by atoms with E-state index in [0.29, 0.717) is 10.2 Å². The van der Waals surface area contributed by atoms with Crippen molar-refractivity contribution in [2.24, 2.45) is 0 Å². The Labute approximate surface area is 143 Å². The molecule has 0 radical (unpaired) electrons. The molecular formula is C16H17ClN2O3S. The van der Waals surface area contributed by atoms with Crippen molar-refractivity contribution in [2.45, 2.75) is 26.2 Å². The number of thiazole rings is 1. The summed E-state index contributed by atoms with van der Waals surface area (Å²) in [5.74, 6) is -0.652. The van der Waals surface area contributed by atoms with E-state index < -0.39 is 5.97 Å². The van der Waals surface area contributed by atoms with Crippen molar-refractivity contribution in [1.29, 1.82) is 0 Å². The zero-order chi connectivity index (χ0) is 16.8. The number of nitrogens with zero attached hydrogens (tertiary/aromatic N) is 1. The quantitative estimate of drug-likeness (QED) is 0.807. The number of benzene rings is 1. The average Bonchev–Trinajstić information content (AvgIpc) is 2.86. The fraction of sp³-hybridized carbons (Fsp3) is 0.312. The first kappa shape index (κ1) is 17.4.